The molecule has 1 N–H and O–H groups in total. The average molecular weight is 321 g/mol. The highest BCUT2D eigenvalue weighted by molar-refractivity contribution is 6.30. The van der Waals surface area contributed by atoms with Crippen molar-refractivity contribution >= 4 is 17.5 Å². The third kappa shape index (κ3) is 3.89. The van der Waals surface area contributed by atoms with Crippen LogP contribution >= 0.6 is 11.6 Å². The van der Waals surface area contributed by atoms with E-state index in [1.807, 2.05) is 18.2 Å². The minimum absolute atomic E-state index is 0.292. The molecule has 0 fully saturated rings. The van der Waals surface area contributed by atoms with Crippen molar-refractivity contribution in [2.75, 3.05) is 14.2 Å². The maximum atomic E-state index is 12.1. The van der Waals surface area contributed by atoms with Gasteiger partial charge in [0.25, 0.3) is 0 Å². The zero-order valence-corrected chi connectivity index (χ0v) is 13.1. The van der Waals surface area contributed by atoms with Crippen molar-refractivity contribution in [2.24, 2.45) is 0 Å². The molecular formula is C16H17ClN2O3. The molecule has 5 nitrogen and oxygen atoms in total. The van der Waals surface area contributed by atoms with E-state index in [1.54, 1.807) is 31.5 Å². The first-order chi connectivity index (χ1) is 10.7. The van der Waals surface area contributed by atoms with Gasteiger partial charge >= 0.3 is 0 Å². The second kappa shape index (κ2) is 7.66. The largest absolute Gasteiger partial charge is 0.493 e. The van der Waals surface area contributed by atoms with Crippen molar-refractivity contribution in [1.29, 1.82) is 0 Å². The number of nitrogens with zero attached hydrogens (tertiary/aromatic N) is 1. The van der Waals surface area contributed by atoms with Crippen LogP contribution in [0.25, 0.3) is 0 Å². The lowest BCUT2D eigenvalue weighted by atomic mass is 10.1. The van der Waals surface area contributed by atoms with Crippen LogP contribution in [0, 0.1) is 0 Å². The van der Waals surface area contributed by atoms with Crippen LogP contribution in [0.15, 0.2) is 42.6 Å². The van der Waals surface area contributed by atoms with Gasteiger partial charge in [-0.3, -0.25) is 9.78 Å². The van der Waals surface area contributed by atoms with E-state index < -0.39 is 5.38 Å². The van der Waals surface area contributed by atoms with Gasteiger partial charge in [-0.15, -0.1) is 11.6 Å². The number of halogens is 1. The summed E-state index contributed by atoms with van der Waals surface area (Å²) in [5, 5.41) is 1.94. The summed E-state index contributed by atoms with van der Waals surface area (Å²) in [7, 11) is 3.08. The molecule has 0 saturated heterocycles. The predicted octanol–water partition coefficient (Wildman–Crippen LogP) is 2.70. The topological polar surface area (TPSA) is 60.5 Å². The second-order valence-corrected chi connectivity index (χ2v) is 4.95. The molecule has 22 heavy (non-hydrogen) atoms. The molecule has 0 aliphatic heterocycles. The van der Waals surface area contributed by atoms with Gasteiger partial charge < -0.3 is 14.8 Å². The molecule has 6 heteroatoms. The SMILES string of the molecule is COc1ccc(C(Cl)C(=O)NCc2ccccn2)cc1OC. The Morgan fingerprint density at radius 2 is 2.00 bits per heavy atom. The Kier molecular flexibility index (Phi) is 5.61. The number of ether oxygens (including phenoxy) is 2. The smallest absolute Gasteiger partial charge is 0.242 e. The van der Waals surface area contributed by atoms with E-state index in [-0.39, 0.29) is 5.91 Å². The fourth-order valence-electron chi connectivity index (χ4n) is 1.93. The lowest BCUT2D eigenvalue weighted by Gasteiger charge is -2.13. The number of nitrogens with one attached hydrogen (secondary N) is 1. The van der Waals surface area contributed by atoms with Crippen LogP contribution < -0.4 is 14.8 Å². The summed E-state index contributed by atoms with van der Waals surface area (Å²) in [6, 6.07) is 10.7. The number of alkyl halides is 1. The third-order valence-corrected chi connectivity index (χ3v) is 3.55. The van der Waals surface area contributed by atoms with Gasteiger partial charge in [0, 0.05) is 6.20 Å². The Bertz CT molecular complexity index is 635. The Balaban J connectivity index is 2.04. The van der Waals surface area contributed by atoms with Crippen LogP contribution in [0.3, 0.4) is 0 Å². The van der Waals surface area contributed by atoms with Gasteiger partial charge in [0.2, 0.25) is 5.91 Å². The Hall–Kier alpha value is -2.27. The molecule has 0 bridgehead atoms. The van der Waals surface area contributed by atoms with E-state index in [1.165, 1.54) is 7.11 Å². The molecule has 2 rings (SSSR count). The molecule has 1 aromatic carbocycles. The van der Waals surface area contributed by atoms with Gasteiger partial charge in [0.1, 0.15) is 5.38 Å². The molecule has 1 atom stereocenters. The van der Waals surface area contributed by atoms with Crippen molar-refractivity contribution in [3.05, 3.63) is 53.9 Å². The number of hydrogen-bond donors (Lipinski definition) is 1. The van der Waals surface area contributed by atoms with Crippen LogP contribution in [-0.2, 0) is 11.3 Å². The van der Waals surface area contributed by atoms with E-state index in [2.05, 4.69) is 10.3 Å². The second-order valence-electron chi connectivity index (χ2n) is 4.52. The molecule has 0 aliphatic rings. The fraction of sp³-hybridized carbons (Fsp3) is 0.250. The highest BCUT2D eigenvalue weighted by Crippen LogP contribution is 2.32. The molecule has 1 unspecified atom stereocenters. The lowest BCUT2D eigenvalue weighted by molar-refractivity contribution is -0.121. The number of hydrogen-bond acceptors (Lipinski definition) is 4. The molecule has 0 radical (unpaired) electrons. The van der Waals surface area contributed by atoms with E-state index >= 15 is 0 Å². The summed E-state index contributed by atoms with van der Waals surface area (Å²) < 4.78 is 10.4. The van der Waals surface area contributed by atoms with Gasteiger partial charge in [-0.1, -0.05) is 12.1 Å². The van der Waals surface area contributed by atoms with E-state index in [4.69, 9.17) is 21.1 Å². The first kappa shape index (κ1) is 16.1. The number of pyridine rings is 1. The van der Waals surface area contributed by atoms with Gasteiger partial charge in [-0.25, -0.2) is 0 Å². The number of amides is 1. The third-order valence-electron chi connectivity index (χ3n) is 3.10. The quantitative estimate of drug-likeness (QED) is 0.831. The summed E-state index contributed by atoms with van der Waals surface area (Å²) in [5.41, 5.74) is 1.41. The van der Waals surface area contributed by atoms with Gasteiger partial charge in [0.15, 0.2) is 11.5 Å². The minimum Gasteiger partial charge on any atom is -0.493 e. The monoisotopic (exact) mass is 320 g/mol. The first-order valence-corrected chi connectivity index (χ1v) is 7.13. The Morgan fingerprint density at radius 3 is 2.64 bits per heavy atom. The van der Waals surface area contributed by atoms with Crippen molar-refractivity contribution < 1.29 is 14.3 Å². The molecule has 2 aromatic rings. The molecule has 0 saturated carbocycles. The van der Waals surface area contributed by atoms with Gasteiger partial charge in [-0.2, -0.15) is 0 Å². The summed E-state index contributed by atoms with van der Waals surface area (Å²) in [6.45, 7) is 0.330. The molecular weight excluding hydrogens is 304 g/mol. The minimum atomic E-state index is -0.816. The molecule has 1 heterocycles. The number of carbonyl (C=O) groups excluding carboxylic acids is 1. The van der Waals surface area contributed by atoms with Crippen molar-refractivity contribution in [3.63, 3.8) is 0 Å². The van der Waals surface area contributed by atoms with Crippen LogP contribution in [-0.4, -0.2) is 25.1 Å². The highest BCUT2D eigenvalue weighted by Gasteiger charge is 2.19. The van der Waals surface area contributed by atoms with Gasteiger partial charge in [-0.05, 0) is 29.8 Å². The van der Waals surface area contributed by atoms with Crippen LogP contribution in [0.5, 0.6) is 11.5 Å². The molecule has 1 aromatic heterocycles. The van der Waals surface area contributed by atoms with Crippen molar-refractivity contribution in [3.8, 4) is 11.5 Å². The number of carbonyl (C=O) groups is 1. The maximum absolute atomic E-state index is 12.1. The normalized spacial score (nSPS) is 11.6. The van der Waals surface area contributed by atoms with E-state index in [9.17, 15) is 4.79 Å². The molecule has 0 spiro atoms. The van der Waals surface area contributed by atoms with Crippen LogP contribution in [0.1, 0.15) is 16.6 Å². The summed E-state index contributed by atoms with van der Waals surface area (Å²) in [4.78, 5) is 16.3. The van der Waals surface area contributed by atoms with Crippen LogP contribution in [0.2, 0.25) is 0 Å². The number of rotatable bonds is 6. The van der Waals surface area contributed by atoms with E-state index in [0.29, 0.717) is 23.6 Å². The Labute approximate surface area is 134 Å². The maximum Gasteiger partial charge on any atom is 0.242 e. The predicted molar refractivity (Wildman–Crippen MR) is 84.2 cm³/mol. The van der Waals surface area contributed by atoms with Gasteiger partial charge in [0.05, 0.1) is 26.5 Å². The van der Waals surface area contributed by atoms with Crippen LogP contribution in [0.4, 0.5) is 0 Å². The number of aromatic nitrogens is 1. The zero-order valence-electron chi connectivity index (χ0n) is 12.4. The zero-order chi connectivity index (χ0) is 15.9. The molecule has 1 amide bonds. The number of benzene rings is 1. The molecule has 116 valence electrons. The lowest BCUT2D eigenvalue weighted by Crippen LogP contribution is -2.26. The summed E-state index contributed by atoms with van der Waals surface area (Å²) in [5.74, 6) is 0.826. The van der Waals surface area contributed by atoms with E-state index in [0.717, 1.165) is 5.69 Å². The van der Waals surface area contributed by atoms with Crippen molar-refractivity contribution in [1.82, 2.24) is 10.3 Å². The first-order valence-electron chi connectivity index (χ1n) is 6.69. The molecule has 0 aliphatic carbocycles. The summed E-state index contributed by atoms with van der Waals surface area (Å²) >= 11 is 6.22. The van der Waals surface area contributed by atoms with Crippen molar-refractivity contribution in [2.45, 2.75) is 11.9 Å². The fourth-order valence-corrected chi connectivity index (χ4v) is 2.14. The number of methoxy groups -OCH3 is 2. The Morgan fingerprint density at radius 1 is 1.23 bits per heavy atom. The average Bonchev–Trinajstić information content (AvgIpc) is 2.59. The summed E-state index contributed by atoms with van der Waals surface area (Å²) in [6.07, 6.45) is 1.67. The standard InChI is InChI=1S/C16H17ClN2O3/c1-21-13-7-6-11(9-14(13)22-2)15(17)16(20)19-10-12-5-3-4-8-18-12/h3-9,15H,10H2,1-2H3,(H,19,20). The highest BCUT2D eigenvalue weighted by atomic mass is 35.5.